The fourth-order valence-electron chi connectivity index (χ4n) is 1.21. The van der Waals surface area contributed by atoms with Gasteiger partial charge in [0.1, 0.15) is 5.75 Å². The number of para-hydroxylation sites is 1. The van der Waals surface area contributed by atoms with Crippen LogP contribution in [0.15, 0.2) is 24.3 Å². The summed E-state index contributed by atoms with van der Waals surface area (Å²) in [6.45, 7) is 0. The zero-order chi connectivity index (χ0) is 12.5. The molecule has 0 amide bonds. The molecule has 0 aliphatic carbocycles. The number of aromatic nitrogens is 2. The van der Waals surface area contributed by atoms with Crippen LogP contribution in [0.2, 0.25) is 0 Å². The summed E-state index contributed by atoms with van der Waals surface area (Å²) < 4.78 is 44.2. The molecule has 0 spiro atoms. The number of nitrogens with two attached hydrogens (primary N) is 1. The van der Waals surface area contributed by atoms with E-state index in [-0.39, 0.29) is 22.3 Å². The maximum atomic E-state index is 12.2. The summed E-state index contributed by atoms with van der Waals surface area (Å²) in [5.74, 6) is -0.231. The van der Waals surface area contributed by atoms with Crippen molar-refractivity contribution in [1.82, 2.24) is 9.36 Å². The van der Waals surface area contributed by atoms with E-state index in [1.54, 1.807) is 6.07 Å². The minimum atomic E-state index is -4.75. The Labute approximate surface area is 98.0 Å². The molecule has 2 rings (SSSR count). The highest BCUT2D eigenvalue weighted by Gasteiger charge is 2.32. The van der Waals surface area contributed by atoms with Crippen LogP contribution in [0.3, 0.4) is 0 Å². The lowest BCUT2D eigenvalue weighted by Crippen LogP contribution is -2.17. The van der Waals surface area contributed by atoms with Crippen LogP contribution in [0, 0.1) is 0 Å². The number of rotatable bonds is 2. The molecule has 8 heteroatoms. The van der Waals surface area contributed by atoms with E-state index in [1.807, 2.05) is 0 Å². The average molecular weight is 261 g/mol. The van der Waals surface area contributed by atoms with E-state index in [4.69, 9.17) is 5.73 Å². The number of hydrogen-bond acceptors (Lipinski definition) is 5. The fraction of sp³-hybridized carbons (Fsp3) is 0.111. The number of nitrogens with zero attached hydrogens (tertiary/aromatic N) is 2. The van der Waals surface area contributed by atoms with Crippen LogP contribution >= 0.6 is 11.5 Å². The van der Waals surface area contributed by atoms with Crippen LogP contribution in [0.4, 0.5) is 18.3 Å². The summed E-state index contributed by atoms with van der Waals surface area (Å²) in [4.78, 5) is 3.81. The lowest BCUT2D eigenvalue weighted by Gasteiger charge is -2.11. The molecule has 0 fully saturated rings. The first-order valence-corrected chi connectivity index (χ1v) is 5.17. The van der Waals surface area contributed by atoms with Gasteiger partial charge in [-0.05, 0) is 12.1 Å². The van der Waals surface area contributed by atoms with Crippen LogP contribution in [0.5, 0.6) is 5.75 Å². The van der Waals surface area contributed by atoms with Crippen molar-refractivity contribution in [3.63, 3.8) is 0 Å². The molecule has 0 saturated heterocycles. The standard InChI is InChI=1S/C9H6F3N3OS/c10-9(11,12)16-6-4-2-1-3-5(6)7-14-8(13)17-15-7/h1-4H,(H2,13,14,15). The summed E-state index contributed by atoms with van der Waals surface area (Å²) in [5, 5.41) is 0.182. The second kappa shape index (κ2) is 4.21. The molecule has 2 N–H and O–H groups in total. The second-order valence-electron chi connectivity index (χ2n) is 3.00. The van der Waals surface area contributed by atoms with Crippen molar-refractivity contribution in [2.24, 2.45) is 0 Å². The molecule has 1 aromatic carbocycles. The number of benzene rings is 1. The summed E-state index contributed by atoms with van der Waals surface area (Å²) in [6, 6.07) is 5.62. The molecule has 2 aromatic rings. The van der Waals surface area contributed by atoms with Crippen molar-refractivity contribution < 1.29 is 17.9 Å². The molecule has 4 nitrogen and oxygen atoms in total. The summed E-state index contributed by atoms with van der Waals surface area (Å²) >= 11 is 0.906. The van der Waals surface area contributed by atoms with Crippen LogP contribution in [-0.4, -0.2) is 15.7 Å². The third kappa shape index (κ3) is 2.84. The predicted octanol–water partition coefficient (Wildman–Crippen LogP) is 2.69. The molecule has 90 valence electrons. The molecule has 0 atom stereocenters. The summed E-state index contributed by atoms with van der Waals surface area (Å²) in [6.07, 6.45) is -4.75. The third-order valence-electron chi connectivity index (χ3n) is 1.80. The first-order valence-electron chi connectivity index (χ1n) is 4.40. The molecular weight excluding hydrogens is 255 g/mol. The number of anilines is 1. The molecule has 0 aliphatic heterocycles. The van der Waals surface area contributed by atoms with E-state index in [2.05, 4.69) is 14.1 Å². The van der Waals surface area contributed by atoms with Crippen LogP contribution in [0.25, 0.3) is 11.4 Å². The quantitative estimate of drug-likeness (QED) is 0.902. The number of alkyl halides is 3. The SMILES string of the molecule is Nc1nc(-c2ccccc2OC(F)(F)F)ns1. The normalized spacial score (nSPS) is 11.5. The van der Waals surface area contributed by atoms with Crippen molar-refractivity contribution in [2.45, 2.75) is 6.36 Å². The Morgan fingerprint density at radius 3 is 2.53 bits per heavy atom. The zero-order valence-electron chi connectivity index (χ0n) is 8.23. The molecule has 0 aliphatic rings. The van der Waals surface area contributed by atoms with Gasteiger partial charge in [-0.15, -0.1) is 13.2 Å². The maximum absolute atomic E-state index is 12.2. The molecule has 1 heterocycles. The van der Waals surface area contributed by atoms with Crippen LogP contribution < -0.4 is 10.5 Å². The Hall–Kier alpha value is -1.83. The first-order chi connectivity index (χ1) is 7.96. The number of nitrogen functional groups attached to an aromatic ring is 1. The highest BCUT2D eigenvalue weighted by molar-refractivity contribution is 7.09. The van der Waals surface area contributed by atoms with Crippen molar-refractivity contribution in [1.29, 1.82) is 0 Å². The molecule has 0 saturated carbocycles. The largest absolute Gasteiger partial charge is 0.573 e. The number of hydrogen-bond donors (Lipinski definition) is 1. The van der Waals surface area contributed by atoms with E-state index >= 15 is 0 Å². The van der Waals surface area contributed by atoms with Crippen LogP contribution in [-0.2, 0) is 0 Å². The summed E-state index contributed by atoms with van der Waals surface area (Å²) in [7, 11) is 0. The highest BCUT2D eigenvalue weighted by Crippen LogP contribution is 2.32. The number of halogens is 3. The third-order valence-corrected chi connectivity index (χ3v) is 2.34. The van der Waals surface area contributed by atoms with Gasteiger partial charge in [-0.3, -0.25) is 0 Å². The van der Waals surface area contributed by atoms with Gasteiger partial charge >= 0.3 is 6.36 Å². The lowest BCUT2D eigenvalue weighted by atomic mass is 10.2. The van der Waals surface area contributed by atoms with Gasteiger partial charge in [0.2, 0.25) is 0 Å². The maximum Gasteiger partial charge on any atom is 0.573 e. The van der Waals surface area contributed by atoms with Gasteiger partial charge in [0.25, 0.3) is 0 Å². The average Bonchev–Trinajstić information content (AvgIpc) is 2.63. The van der Waals surface area contributed by atoms with Gasteiger partial charge in [-0.1, -0.05) is 12.1 Å². The van der Waals surface area contributed by atoms with E-state index in [0.29, 0.717) is 0 Å². The minimum Gasteiger partial charge on any atom is -0.405 e. The lowest BCUT2D eigenvalue weighted by molar-refractivity contribution is -0.274. The van der Waals surface area contributed by atoms with Crippen molar-refractivity contribution in [3.8, 4) is 17.1 Å². The van der Waals surface area contributed by atoms with Crippen molar-refractivity contribution in [3.05, 3.63) is 24.3 Å². The Kier molecular flexibility index (Phi) is 2.88. The monoisotopic (exact) mass is 261 g/mol. The van der Waals surface area contributed by atoms with Crippen LogP contribution in [0.1, 0.15) is 0 Å². The van der Waals surface area contributed by atoms with Crippen molar-refractivity contribution >= 4 is 16.7 Å². The minimum absolute atomic E-state index is 0.118. The van der Waals surface area contributed by atoms with E-state index in [0.717, 1.165) is 11.5 Å². The Morgan fingerprint density at radius 2 is 1.94 bits per heavy atom. The second-order valence-corrected chi connectivity index (χ2v) is 3.78. The van der Waals surface area contributed by atoms with E-state index < -0.39 is 6.36 Å². The van der Waals surface area contributed by atoms with E-state index in [9.17, 15) is 13.2 Å². The Bertz CT molecular complexity index is 526. The number of ether oxygens (including phenoxy) is 1. The van der Waals surface area contributed by atoms with Crippen molar-refractivity contribution in [2.75, 3.05) is 5.73 Å². The summed E-state index contributed by atoms with van der Waals surface area (Å²) in [5.41, 5.74) is 5.53. The highest BCUT2D eigenvalue weighted by atomic mass is 32.1. The molecule has 0 radical (unpaired) electrons. The molecule has 1 aromatic heterocycles. The zero-order valence-corrected chi connectivity index (χ0v) is 9.05. The van der Waals surface area contributed by atoms with Gasteiger partial charge in [0.15, 0.2) is 11.0 Å². The van der Waals surface area contributed by atoms with Gasteiger partial charge < -0.3 is 10.5 Å². The van der Waals surface area contributed by atoms with Gasteiger partial charge in [-0.2, -0.15) is 9.36 Å². The first kappa shape index (κ1) is 11.6. The Balaban J connectivity index is 2.41. The van der Waals surface area contributed by atoms with Gasteiger partial charge in [0, 0.05) is 11.5 Å². The molecule has 0 unspecified atom stereocenters. The smallest absolute Gasteiger partial charge is 0.405 e. The van der Waals surface area contributed by atoms with Gasteiger partial charge in [-0.25, -0.2) is 0 Å². The topological polar surface area (TPSA) is 61.0 Å². The molecular formula is C9H6F3N3OS. The fourth-order valence-corrected chi connectivity index (χ4v) is 1.66. The van der Waals surface area contributed by atoms with Gasteiger partial charge in [0.05, 0.1) is 5.56 Å². The predicted molar refractivity (Wildman–Crippen MR) is 56.4 cm³/mol. The molecule has 17 heavy (non-hydrogen) atoms. The van der Waals surface area contributed by atoms with E-state index in [1.165, 1.54) is 18.2 Å². The Morgan fingerprint density at radius 1 is 1.24 bits per heavy atom. The molecule has 0 bridgehead atoms.